The molecular weight excluding hydrogens is 148 g/mol. The van der Waals surface area contributed by atoms with E-state index in [4.69, 9.17) is 0 Å². The molecule has 0 aromatic rings. The Kier molecular flexibility index (Phi) is 2.34. The van der Waals surface area contributed by atoms with E-state index in [-0.39, 0.29) is 5.92 Å². The van der Waals surface area contributed by atoms with E-state index in [0.29, 0.717) is 16.1 Å². The van der Waals surface area contributed by atoms with Crippen LogP contribution in [-0.4, -0.2) is 15.4 Å². The van der Waals surface area contributed by atoms with E-state index in [9.17, 15) is 9.00 Å². The van der Waals surface area contributed by atoms with Crippen LogP contribution in [0.1, 0.15) is 0 Å². The van der Waals surface area contributed by atoms with Crippen molar-refractivity contribution in [1.82, 2.24) is 0 Å². The van der Waals surface area contributed by atoms with Gasteiger partial charge in [-0.15, -0.1) is 0 Å². The second-order valence-corrected chi connectivity index (χ2v) is 2.53. The van der Waals surface area contributed by atoms with E-state index in [1.165, 1.54) is 0 Å². The van der Waals surface area contributed by atoms with Gasteiger partial charge in [0.2, 0.25) is 0 Å². The molecular formula is C7H6O2S. The van der Waals surface area contributed by atoms with Crippen LogP contribution < -0.4 is 0 Å². The first-order valence-electron chi connectivity index (χ1n) is 2.85. The molecule has 0 heterocycles. The summed E-state index contributed by atoms with van der Waals surface area (Å²) in [5.41, 5.74) is 0. The Bertz CT molecular complexity index is 246. The number of carbonyl (C=O) groups is 1. The van der Waals surface area contributed by atoms with Crippen molar-refractivity contribution in [2.45, 2.75) is 0 Å². The Morgan fingerprint density at radius 3 is 2.80 bits per heavy atom. The highest BCUT2D eigenvalue weighted by atomic mass is 32.1. The summed E-state index contributed by atoms with van der Waals surface area (Å²) in [6, 6.07) is 0. The van der Waals surface area contributed by atoms with Crippen molar-refractivity contribution in [1.29, 1.82) is 0 Å². The van der Waals surface area contributed by atoms with Crippen molar-refractivity contribution in [3.63, 3.8) is 0 Å². The monoisotopic (exact) mass is 154 g/mol. The summed E-state index contributed by atoms with van der Waals surface area (Å²) in [6.07, 6.45) is 7.64. The molecule has 3 heteroatoms. The lowest BCUT2D eigenvalue weighted by molar-refractivity contribution is -0.108. The lowest BCUT2D eigenvalue weighted by Gasteiger charge is -2.03. The summed E-state index contributed by atoms with van der Waals surface area (Å²) in [4.78, 5) is 10.8. The minimum Gasteiger partial charge on any atom is -0.302 e. The smallest absolute Gasteiger partial charge is 0.132 e. The predicted molar refractivity (Wildman–Crippen MR) is 41.0 cm³/mol. The van der Waals surface area contributed by atoms with Gasteiger partial charge < -0.3 is 4.79 Å². The molecule has 1 rings (SSSR count). The van der Waals surface area contributed by atoms with Crippen LogP contribution in [-0.2, 0) is 16.1 Å². The van der Waals surface area contributed by atoms with Gasteiger partial charge in [0.05, 0.1) is 22.0 Å². The van der Waals surface area contributed by atoms with Crippen LogP contribution in [0.2, 0.25) is 0 Å². The summed E-state index contributed by atoms with van der Waals surface area (Å²) in [5, 5.41) is 0. The molecule has 0 saturated carbocycles. The van der Waals surface area contributed by atoms with Crippen LogP contribution in [0.15, 0.2) is 24.3 Å². The van der Waals surface area contributed by atoms with Crippen LogP contribution in [0.25, 0.3) is 0 Å². The van der Waals surface area contributed by atoms with Crippen LogP contribution in [0.3, 0.4) is 0 Å². The number of carbonyl (C=O) groups excluding carboxylic acids is 1. The van der Waals surface area contributed by atoms with Gasteiger partial charge in [-0.2, -0.15) is 0 Å². The van der Waals surface area contributed by atoms with E-state index < -0.39 is 0 Å². The normalized spacial score (nSPS) is 22.8. The first kappa shape index (κ1) is 7.15. The summed E-state index contributed by atoms with van der Waals surface area (Å²) < 4.78 is 10.3. The van der Waals surface area contributed by atoms with Crippen molar-refractivity contribution in [2.75, 3.05) is 0 Å². The standard InChI is InChI=1S/C7H6O2S/c8-5-6-3-1-2-4-7(6)10-9/h1-6H. The van der Waals surface area contributed by atoms with Crippen molar-refractivity contribution in [3.05, 3.63) is 24.3 Å². The van der Waals surface area contributed by atoms with Gasteiger partial charge in [-0.1, -0.05) is 18.2 Å². The third-order valence-corrected chi connectivity index (χ3v) is 1.86. The average Bonchev–Trinajstić information content (AvgIpc) is 2.04. The third-order valence-electron chi connectivity index (χ3n) is 1.26. The van der Waals surface area contributed by atoms with E-state index in [0.717, 1.165) is 6.29 Å². The molecule has 10 heavy (non-hydrogen) atoms. The number of hydrogen-bond acceptors (Lipinski definition) is 2. The Hall–Kier alpha value is -0.960. The van der Waals surface area contributed by atoms with Gasteiger partial charge in [0.25, 0.3) is 0 Å². The molecule has 52 valence electrons. The maximum Gasteiger partial charge on any atom is 0.132 e. The Morgan fingerprint density at radius 1 is 1.50 bits per heavy atom. The topological polar surface area (TPSA) is 34.1 Å². The van der Waals surface area contributed by atoms with E-state index in [2.05, 4.69) is 0 Å². The Balaban J connectivity index is 2.94. The van der Waals surface area contributed by atoms with E-state index in [1.807, 2.05) is 0 Å². The van der Waals surface area contributed by atoms with Gasteiger partial charge in [-0.25, -0.2) is 4.21 Å². The molecule has 0 N–H and O–H groups in total. The lowest BCUT2D eigenvalue weighted by atomic mass is 10.0. The van der Waals surface area contributed by atoms with Crippen molar-refractivity contribution >= 4 is 22.4 Å². The molecule has 0 aromatic heterocycles. The quantitative estimate of drug-likeness (QED) is 0.402. The van der Waals surface area contributed by atoms with Crippen LogP contribution in [0, 0.1) is 5.92 Å². The van der Waals surface area contributed by atoms with Crippen LogP contribution >= 0.6 is 0 Å². The molecule has 0 saturated heterocycles. The predicted octanol–water partition coefficient (Wildman–Crippen LogP) is 0.313. The second-order valence-electron chi connectivity index (χ2n) is 1.89. The first-order chi connectivity index (χ1) is 4.88. The maximum absolute atomic E-state index is 10.3. The zero-order valence-corrected chi connectivity index (χ0v) is 6.01. The highest BCUT2D eigenvalue weighted by Crippen LogP contribution is 2.04. The zero-order valence-electron chi connectivity index (χ0n) is 5.19. The molecule has 0 radical (unpaired) electrons. The second kappa shape index (κ2) is 3.27. The van der Waals surface area contributed by atoms with E-state index >= 15 is 0 Å². The molecule has 0 spiro atoms. The highest BCUT2D eigenvalue weighted by Gasteiger charge is 2.09. The minimum atomic E-state index is -0.313. The van der Waals surface area contributed by atoms with Gasteiger partial charge in [0.15, 0.2) is 0 Å². The molecule has 0 amide bonds. The number of aldehydes is 1. The number of hydrogen-bond donors (Lipinski definition) is 0. The van der Waals surface area contributed by atoms with Gasteiger partial charge in [0, 0.05) is 0 Å². The summed E-state index contributed by atoms with van der Waals surface area (Å²) >= 11 is 0.376. The Morgan fingerprint density at radius 2 is 2.30 bits per heavy atom. The maximum atomic E-state index is 10.3. The van der Waals surface area contributed by atoms with Gasteiger partial charge >= 0.3 is 0 Å². The summed E-state index contributed by atoms with van der Waals surface area (Å²) in [6.45, 7) is 0. The molecule has 1 atom stereocenters. The summed E-state index contributed by atoms with van der Waals surface area (Å²) in [7, 11) is 0. The fourth-order valence-electron chi connectivity index (χ4n) is 0.736. The molecule has 0 aliphatic heterocycles. The van der Waals surface area contributed by atoms with Crippen molar-refractivity contribution in [2.24, 2.45) is 5.92 Å². The number of rotatable bonds is 1. The molecule has 0 aromatic carbocycles. The largest absolute Gasteiger partial charge is 0.302 e. The minimum absolute atomic E-state index is 0.313. The lowest BCUT2D eigenvalue weighted by Crippen LogP contribution is -2.12. The molecule has 1 unspecified atom stereocenters. The van der Waals surface area contributed by atoms with Crippen molar-refractivity contribution < 1.29 is 9.00 Å². The van der Waals surface area contributed by atoms with E-state index in [1.54, 1.807) is 24.3 Å². The number of allylic oxidation sites excluding steroid dienone is 4. The molecule has 0 fully saturated rings. The fourth-order valence-corrected chi connectivity index (χ4v) is 1.12. The van der Waals surface area contributed by atoms with Gasteiger partial charge in [0.1, 0.15) is 6.29 Å². The molecule has 0 bridgehead atoms. The van der Waals surface area contributed by atoms with Crippen LogP contribution in [0.4, 0.5) is 0 Å². The highest BCUT2D eigenvalue weighted by molar-refractivity contribution is 7.67. The fraction of sp³-hybridized carbons (Fsp3) is 0.143. The molecule has 1 aliphatic rings. The SMILES string of the molecule is O=CC1C=CC=CC1=S=O. The third kappa shape index (κ3) is 1.30. The Labute approximate surface area is 62.3 Å². The average molecular weight is 154 g/mol. The van der Waals surface area contributed by atoms with Gasteiger partial charge in [-0.3, -0.25) is 0 Å². The summed E-state index contributed by atoms with van der Waals surface area (Å²) in [5.74, 6) is -0.313. The van der Waals surface area contributed by atoms with Crippen molar-refractivity contribution in [3.8, 4) is 0 Å². The van der Waals surface area contributed by atoms with Gasteiger partial charge in [-0.05, 0) is 6.08 Å². The molecule has 1 aliphatic carbocycles. The first-order valence-corrected chi connectivity index (χ1v) is 3.59. The zero-order chi connectivity index (χ0) is 7.40. The molecule has 2 nitrogen and oxygen atoms in total. The van der Waals surface area contributed by atoms with Crippen LogP contribution in [0.5, 0.6) is 0 Å².